The number of nitrogens with zero attached hydrogens (tertiary/aromatic N) is 1. The van der Waals surface area contributed by atoms with E-state index in [0.717, 1.165) is 6.54 Å². The van der Waals surface area contributed by atoms with Crippen molar-refractivity contribution in [2.75, 3.05) is 6.54 Å². The maximum atomic E-state index is 12.3. The van der Waals surface area contributed by atoms with E-state index < -0.39 is 0 Å². The van der Waals surface area contributed by atoms with Gasteiger partial charge in [0.2, 0.25) is 5.91 Å². The Bertz CT molecular complexity index is 447. The molecule has 0 aromatic heterocycles. The van der Waals surface area contributed by atoms with Crippen LogP contribution in [0.1, 0.15) is 44.7 Å². The number of likely N-dealkylation sites (tertiary alicyclic amines) is 1. The molecule has 1 saturated carbocycles. The average Bonchev–Trinajstić information content (AvgIpc) is 2.27. The molecule has 2 nitrogen and oxygen atoms in total. The summed E-state index contributed by atoms with van der Waals surface area (Å²) in [5.41, 5.74) is 1.73. The second-order valence-electron chi connectivity index (χ2n) is 6.15. The Kier molecular flexibility index (Phi) is 2.69. The molecule has 1 aromatic rings. The number of carbonyl (C=O) groups excluding carboxylic acids is 1. The van der Waals surface area contributed by atoms with Crippen LogP contribution in [0.5, 0.6) is 0 Å². The first-order valence-electron chi connectivity index (χ1n) is 6.99. The quantitative estimate of drug-likeness (QED) is 0.779. The van der Waals surface area contributed by atoms with Gasteiger partial charge in [0.15, 0.2) is 0 Å². The van der Waals surface area contributed by atoms with Gasteiger partial charge in [-0.3, -0.25) is 4.79 Å². The molecule has 1 amide bonds. The van der Waals surface area contributed by atoms with Gasteiger partial charge in [-0.05, 0) is 18.4 Å². The second kappa shape index (κ2) is 4.11. The first-order chi connectivity index (χ1) is 8.64. The minimum atomic E-state index is 0.105. The average molecular weight is 243 g/mol. The lowest BCUT2D eigenvalue weighted by molar-refractivity contribution is -0.172. The summed E-state index contributed by atoms with van der Waals surface area (Å²) in [6.07, 6.45) is 3.90. The molecule has 1 spiro atoms. The van der Waals surface area contributed by atoms with Crippen molar-refractivity contribution in [3.63, 3.8) is 0 Å². The Morgan fingerprint density at radius 1 is 1.28 bits per heavy atom. The Hall–Kier alpha value is -1.31. The highest BCUT2D eigenvalue weighted by atomic mass is 16.2. The maximum absolute atomic E-state index is 12.3. The van der Waals surface area contributed by atoms with Crippen molar-refractivity contribution < 1.29 is 4.79 Å². The molecule has 1 aromatic carbocycles. The van der Waals surface area contributed by atoms with Crippen LogP contribution in [-0.2, 0) is 4.79 Å². The van der Waals surface area contributed by atoms with Crippen LogP contribution in [-0.4, -0.2) is 17.4 Å². The number of carbonyl (C=O) groups is 1. The van der Waals surface area contributed by atoms with Gasteiger partial charge >= 0.3 is 0 Å². The highest BCUT2D eigenvalue weighted by Gasteiger charge is 2.57. The van der Waals surface area contributed by atoms with E-state index in [1.165, 1.54) is 24.8 Å². The van der Waals surface area contributed by atoms with E-state index in [9.17, 15) is 4.79 Å². The van der Waals surface area contributed by atoms with Crippen LogP contribution >= 0.6 is 0 Å². The molecule has 3 rings (SSSR count). The molecular weight excluding hydrogens is 222 g/mol. The van der Waals surface area contributed by atoms with Gasteiger partial charge in [0, 0.05) is 17.9 Å². The normalized spacial score (nSPS) is 24.8. The Balaban J connectivity index is 1.88. The summed E-state index contributed by atoms with van der Waals surface area (Å²) in [6.45, 7) is 4.97. The molecule has 2 heteroatoms. The third-order valence-electron chi connectivity index (χ3n) is 4.62. The molecule has 96 valence electrons. The summed E-state index contributed by atoms with van der Waals surface area (Å²) in [5.74, 6) is 0.412. The lowest BCUT2D eigenvalue weighted by Gasteiger charge is -2.63. The maximum Gasteiger partial charge on any atom is 0.225 e. The van der Waals surface area contributed by atoms with Gasteiger partial charge in [0.25, 0.3) is 0 Å². The molecule has 1 aliphatic carbocycles. The number of hydrogen-bond acceptors (Lipinski definition) is 1. The zero-order chi connectivity index (χ0) is 12.8. The van der Waals surface area contributed by atoms with Crippen LogP contribution in [0.4, 0.5) is 0 Å². The highest BCUT2D eigenvalue weighted by molar-refractivity contribution is 5.80. The van der Waals surface area contributed by atoms with Gasteiger partial charge in [-0.1, -0.05) is 50.6 Å². The van der Waals surface area contributed by atoms with Crippen molar-refractivity contribution in [2.45, 2.75) is 39.2 Å². The van der Waals surface area contributed by atoms with Crippen molar-refractivity contribution in [1.29, 1.82) is 0 Å². The van der Waals surface area contributed by atoms with Gasteiger partial charge < -0.3 is 4.90 Å². The monoisotopic (exact) mass is 243 g/mol. The molecule has 2 fully saturated rings. The summed E-state index contributed by atoms with van der Waals surface area (Å²) in [4.78, 5) is 14.4. The van der Waals surface area contributed by atoms with Crippen LogP contribution in [0.3, 0.4) is 0 Å². The molecule has 0 radical (unpaired) electrons. The minimum absolute atomic E-state index is 0.105. The summed E-state index contributed by atoms with van der Waals surface area (Å²) >= 11 is 0. The van der Waals surface area contributed by atoms with Crippen LogP contribution in [0.2, 0.25) is 0 Å². The molecule has 1 unspecified atom stereocenters. The molecule has 1 heterocycles. The zero-order valence-corrected chi connectivity index (χ0v) is 11.2. The lowest BCUT2D eigenvalue weighted by atomic mass is 9.56. The lowest BCUT2D eigenvalue weighted by Crippen LogP contribution is -2.64. The van der Waals surface area contributed by atoms with Crippen molar-refractivity contribution >= 4 is 5.91 Å². The van der Waals surface area contributed by atoms with Gasteiger partial charge in [0.1, 0.15) is 0 Å². The number of rotatable bonds is 2. The van der Waals surface area contributed by atoms with E-state index >= 15 is 0 Å². The van der Waals surface area contributed by atoms with E-state index in [1.807, 2.05) is 19.9 Å². The fourth-order valence-corrected chi connectivity index (χ4v) is 3.50. The van der Waals surface area contributed by atoms with Crippen LogP contribution in [0.25, 0.3) is 0 Å². The standard InChI is InChI=1S/C16H21NO/c1-12(2)15(18)17-11-16(9-6-10-16)14(17)13-7-4-3-5-8-13/h3-5,7-8,12,14H,6,9-11H2,1-2H3. The predicted molar refractivity (Wildman–Crippen MR) is 72.0 cm³/mol. The number of hydrogen-bond donors (Lipinski definition) is 0. The van der Waals surface area contributed by atoms with Crippen molar-refractivity contribution in [1.82, 2.24) is 4.90 Å². The van der Waals surface area contributed by atoms with Crippen LogP contribution in [0.15, 0.2) is 30.3 Å². The minimum Gasteiger partial charge on any atom is -0.334 e. The van der Waals surface area contributed by atoms with E-state index in [2.05, 4.69) is 29.2 Å². The van der Waals surface area contributed by atoms with E-state index in [-0.39, 0.29) is 5.92 Å². The molecule has 0 N–H and O–H groups in total. The van der Waals surface area contributed by atoms with Crippen molar-refractivity contribution in [2.24, 2.45) is 11.3 Å². The topological polar surface area (TPSA) is 20.3 Å². The van der Waals surface area contributed by atoms with Crippen molar-refractivity contribution in [3.05, 3.63) is 35.9 Å². The summed E-state index contributed by atoms with van der Waals surface area (Å²) in [5, 5.41) is 0. The molecule has 2 aliphatic rings. The fraction of sp³-hybridized carbons (Fsp3) is 0.562. The fourth-order valence-electron chi connectivity index (χ4n) is 3.50. The molecule has 1 saturated heterocycles. The van der Waals surface area contributed by atoms with Gasteiger partial charge in [-0.25, -0.2) is 0 Å². The summed E-state index contributed by atoms with van der Waals surface area (Å²) in [6, 6.07) is 10.9. The molecular formula is C16H21NO. The largest absolute Gasteiger partial charge is 0.334 e. The zero-order valence-electron chi connectivity index (χ0n) is 11.2. The van der Waals surface area contributed by atoms with Gasteiger partial charge in [-0.2, -0.15) is 0 Å². The summed E-state index contributed by atoms with van der Waals surface area (Å²) < 4.78 is 0. The Labute approximate surface area is 109 Å². The Morgan fingerprint density at radius 3 is 2.44 bits per heavy atom. The van der Waals surface area contributed by atoms with E-state index in [4.69, 9.17) is 0 Å². The van der Waals surface area contributed by atoms with E-state index in [0.29, 0.717) is 17.4 Å². The third kappa shape index (κ3) is 1.58. The smallest absolute Gasteiger partial charge is 0.225 e. The van der Waals surface area contributed by atoms with Crippen molar-refractivity contribution in [3.8, 4) is 0 Å². The van der Waals surface area contributed by atoms with Crippen LogP contribution in [0, 0.1) is 11.3 Å². The number of benzene rings is 1. The highest BCUT2D eigenvalue weighted by Crippen LogP contribution is 2.60. The Morgan fingerprint density at radius 2 is 1.94 bits per heavy atom. The predicted octanol–water partition coefficient (Wildman–Crippen LogP) is 3.40. The third-order valence-corrected chi connectivity index (χ3v) is 4.62. The molecule has 18 heavy (non-hydrogen) atoms. The first-order valence-corrected chi connectivity index (χ1v) is 6.99. The second-order valence-corrected chi connectivity index (χ2v) is 6.15. The van der Waals surface area contributed by atoms with Gasteiger partial charge in [0.05, 0.1) is 6.04 Å². The van der Waals surface area contributed by atoms with Crippen LogP contribution < -0.4 is 0 Å². The molecule has 1 atom stereocenters. The van der Waals surface area contributed by atoms with Gasteiger partial charge in [-0.15, -0.1) is 0 Å². The van der Waals surface area contributed by atoms with E-state index in [1.54, 1.807) is 0 Å². The molecule has 0 bridgehead atoms. The SMILES string of the molecule is CC(C)C(=O)N1CC2(CCC2)C1c1ccccc1. The first kappa shape index (κ1) is 11.8. The summed E-state index contributed by atoms with van der Waals surface area (Å²) in [7, 11) is 0. The number of amides is 1. The molecule has 1 aliphatic heterocycles.